The van der Waals surface area contributed by atoms with Crippen molar-refractivity contribution in [3.63, 3.8) is 0 Å². The van der Waals surface area contributed by atoms with Gasteiger partial charge in [0, 0.05) is 5.56 Å². The van der Waals surface area contributed by atoms with Crippen LogP contribution in [0.5, 0.6) is 5.75 Å². The number of aliphatic hydroxyl groups excluding tert-OH is 2. The van der Waals surface area contributed by atoms with Crippen molar-refractivity contribution < 1.29 is 28.9 Å². The summed E-state index contributed by atoms with van der Waals surface area (Å²) in [6.45, 7) is 1.51. The van der Waals surface area contributed by atoms with E-state index < -0.39 is 47.8 Å². The van der Waals surface area contributed by atoms with Crippen LogP contribution < -0.4 is 15.7 Å². The standard InChI is InChI=1S/C17H18FN3O6/c1-8-12(22)13(23)16(27-8)21-7-11(18)14(20-17(21)25)19-15(24)9-3-5-10(26-2)6-4-9/h3-8,12-13,16,22-23H,1-2H3,(H,19,20,24,25)/t8-,12?,13?,16-/m1/s1. The highest BCUT2D eigenvalue weighted by molar-refractivity contribution is 6.03. The van der Waals surface area contributed by atoms with Crippen LogP contribution in [0.25, 0.3) is 0 Å². The minimum absolute atomic E-state index is 0.215. The van der Waals surface area contributed by atoms with E-state index in [1.54, 1.807) is 12.1 Å². The van der Waals surface area contributed by atoms with Crippen LogP contribution in [0.4, 0.5) is 10.2 Å². The second kappa shape index (κ2) is 7.43. The highest BCUT2D eigenvalue weighted by atomic mass is 19.1. The monoisotopic (exact) mass is 379 g/mol. The van der Waals surface area contributed by atoms with E-state index in [-0.39, 0.29) is 5.56 Å². The summed E-state index contributed by atoms with van der Waals surface area (Å²) in [5.74, 6) is -1.67. The minimum Gasteiger partial charge on any atom is -0.497 e. The van der Waals surface area contributed by atoms with Crippen molar-refractivity contribution in [1.82, 2.24) is 9.55 Å². The van der Waals surface area contributed by atoms with E-state index >= 15 is 0 Å². The number of carbonyl (C=O) groups is 1. The highest BCUT2D eigenvalue weighted by Crippen LogP contribution is 2.28. The molecule has 2 heterocycles. The lowest BCUT2D eigenvalue weighted by Gasteiger charge is -2.17. The first-order valence-electron chi connectivity index (χ1n) is 8.07. The molecule has 0 radical (unpaired) electrons. The summed E-state index contributed by atoms with van der Waals surface area (Å²) in [6.07, 6.45) is -3.90. The van der Waals surface area contributed by atoms with Crippen LogP contribution >= 0.6 is 0 Å². The van der Waals surface area contributed by atoms with Crippen LogP contribution in [-0.4, -0.2) is 51.1 Å². The maximum absolute atomic E-state index is 14.3. The van der Waals surface area contributed by atoms with Crippen molar-refractivity contribution in [3.8, 4) is 5.75 Å². The van der Waals surface area contributed by atoms with Gasteiger partial charge in [0.25, 0.3) is 5.91 Å². The predicted octanol–water partition coefficient (Wildman–Crippen LogP) is 0.282. The first-order chi connectivity index (χ1) is 12.8. The summed E-state index contributed by atoms with van der Waals surface area (Å²) in [6, 6.07) is 6.06. The molecule has 10 heteroatoms. The van der Waals surface area contributed by atoms with E-state index in [9.17, 15) is 24.2 Å². The molecule has 1 amide bonds. The molecule has 1 fully saturated rings. The van der Waals surface area contributed by atoms with E-state index in [1.807, 2.05) is 0 Å². The Hall–Kier alpha value is -2.82. The number of ether oxygens (including phenoxy) is 2. The molecule has 3 rings (SSSR count). The average Bonchev–Trinajstić information content (AvgIpc) is 2.91. The van der Waals surface area contributed by atoms with Gasteiger partial charge in [0.15, 0.2) is 17.9 Å². The van der Waals surface area contributed by atoms with Gasteiger partial charge in [0.05, 0.1) is 19.4 Å². The Morgan fingerprint density at radius 1 is 1.30 bits per heavy atom. The van der Waals surface area contributed by atoms with E-state index in [0.29, 0.717) is 5.75 Å². The SMILES string of the molecule is COc1ccc(C(=O)Nc2nc(=O)n([C@@H]3O[C@H](C)C(O)C3O)cc2F)cc1. The smallest absolute Gasteiger partial charge is 0.351 e. The van der Waals surface area contributed by atoms with Crippen molar-refractivity contribution in [2.24, 2.45) is 0 Å². The van der Waals surface area contributed by atoms with E-state index in [1.165, 1.54) is 26.2 Å². The number of nitrogens with zero attached hydrogens (tertiary/aromatic N) is 2. The third kappa shape index (κ3) is 3.68. The molecule has 0 bridgehead atoms. The zero-order valence-corrected chi connectivity index (χ0v) is 14.5. The highest BCUT2D eigenvalue weighted by Gasteiger charge is 2.42. The molecule has 0 spiro atoms. The van der Waals surface area contributed by atoms with Gasteiger partial charge < -0.3 is 25.0 Å². The molecule has 3 N–H and O–H groups in total. The lowest BCUT2D eigenvalue weighted by Crippen LogP contribution is -2.36. The van der Waals surface area contributed by atoms with Crippen LogP contribution in [0.3, 0.4) is 0 Å². The summed E-state index contributed by atoms with van der Waals surface area (Å²) >= 11 is 0. The van der Waals surface area contributed by atoms with Crippen LogP contribution in [0.1, 0.15) is 23.5 Å². The van der Waals surface area contributed by atoms with Gasteiger partial charge in [-0.1, -0.05) is 0 Å². The number of aromatic nitrogens is 2. The van der Waals surface area contributed by atoms with E-state index in [0.717, 1.165) is 10.8 Å². The van der Waals surface area contributed by atoms with Gasteiger partial charge >= 0.3 is 5.69 Å². The summed E-state index contributed by atoms with van der Waals surface area (Å²) in [5.41, 5.74) is -0.737. The van der Waals surface area contributed by atoms with Crippen LogP contribution in [0, 0.1) is 5.82 Å². The summed E-state index contributed by atoms with van der Waals surface area (Å²) in [5, 5.41) is 21.9. The number of nitrogens with one attached hydrogen (secondary N) is 1. The van der Waals surface area contributed by atoms with Gasteiger partial charge in [0.1, 0.15) is 18.0 Å². The first kappa shape index (κ1) is 19.0. The number of methoxy groups -OCH3 is 1. The minimum atomic E-state index is -1.42. The van der Waals surface area contributed by atoms with Gasteiger partial charge in [-0.2, -0.15) is 4.98 Å². The fourth-order valence-corrected chi connectivity index (χ4v) is 2.69. The van der Waals surface area contributed by atoms with Crippen molar-refractivity contribution >= 4 is 11.7 Å². The number of aliphatic hydroxyl groups is 2. The van der Waals surface area contributed by atoms with E-state index in [4.69, 9.17) is 9.47 Å². The molecule has 4 atom stereocenters. The lowest BCUT2D eigenvalue weighted by atomic mass is 10.1. The lowest BCUT2D eigenvalue weighted by molar-refractivity contribution is -0.0355. The molecule has 1 aromatic carbocycles. The van der Waals surface area contributed by atoms with Crippen molar-refractivity contribution in [1.29, 1.82) is 0 Å². The second-order valence-electron chi connectivity index (χ2n) is 6.02. The number of carbonyl (C=O) groups excluding carboxylic acids is 1. The normalized spacial score (nSPS) is 24.6. The molecule has 144 valence electrons. The number of rotatable bonds is 4. The third-order valence-electron chi connectivity index (χ3n) is 4.24. The number of hydrogen-bond acceptors (Lipinski definition) is 7. The van der Waals surface area contributed by atoms with Crippen LogP contribution in [-0.2, 0) is 4.74 Å². The van der Waals surface area contributed by atoms with Gasteiger partial charge in [0.2, 0.25) is 0 Å². The summed E-state index contributed by atoms with van der Waals surface area (Å²) in [7, 11) is 1.48. The number of hydrogen-bond donors (Lipinski definition) is 3. The maximum atomic E-state index is 14.3. The zero-order chi connectivity index (χ0) is 19.7. The largest absolute Gasteiger partial charge is 0.497 e. The molecular weight excluding hydrogens is 361 g/mol. The Bertz CT molecular complexity index is 901. The summed E-state index contributed by atoms with van der Waals surface area (Å²) < 4.78 is 25.3. The van der Waals surface area contributed by atoms with Gasteiger partial charge in [-0.15, -0.1) is 0 Å². The predicted molar refractivity (Wildman–Crippen MR) is 91.0 cm³/mol. The average molecular weight is 379 g/mol. The Kier molecular flexibility index (Phi) is 5.22. The first-order valence-corrected chi connectivity index (χ1v) is 8.07. The van der Waals surface area contributed by atoms with Gasteiger partial charge in [-0.05, 0) is 31.2 Å². The molecular formula is C17H18FN3O6. The number of benzene rings is 1. The Morgan fingerprint density at radius 3 is 2.52 bits per heavy atom. The molecule has 0 aliphatic carbocycles. The molecule has 1 aliphatic heterocycles. The molecule has 27 heavy (non-hydrogen) atoms. The molecule has 0 saturated carbocycles. The molecule has 1 aromatic heterocycles. The number of halogens is 1. The van der Waals surface area contributed by atoms with Gasteiger partial charge in [-0.25, -0.2) is 9.18 Å². The number of amides is 1. The fraction of sp³-hybridized carbons (Fsp3) is 0.353. The Labute approximate surface area is 153 Å². The fourth-order valence-electron chi connectivity index (χ4n) is 2.69. The molecule has 2 aromatic rings. The van der Waals surface area contributed by atoms with Crippen molar-refractivity contribution in [2.75, 3.05) is 12.4 Å². The number of anilines is 1. The summed E-state index contributed by atoms with van der Waals surface area (Å²) in [4.78, 5) is 27.9. The van der Waals surface area contributed by atoms with Crippen molar-refractivity contribution in [2.45, 2.75) is 31.5 Å². The molecule has 1 saturated heterocycles. The Balaban J connectivity index is 1.82. The maximum Gasteiger partial charge on any atom is 0.351 e. The second-order valence-corrected chi connectivity index (χ2v) is 6.02. The zero-order valence-electron chi connectivity index (χ0n) is 14.5. The van der Waals surface area contributed by atoms with E-state index in [2.05, 4.69) is 10.3 Å². The Morgan fingerprint density at radius 2 is 1.96 bits per heavy atom. The van der Waals surface area contributed by atoms with Gasteiger partial charge in [-0.3, -0.25) is 9.36 Å². The van der Waals surface area contributed by atoms with Crippen LogP contribution in [0.15, 0.2) is 35.3 Å². The molecule has 1 aliphatic rings. The van der Waals surface area contributed by atoms with Crippen molar-refractivity contribution in [3.05, 3.63) is 52.3 Å². The third-order valence-corrected chi connectivity index (χ3v) is 4.24. The topological polar surface area (TPSA) is 123 Å². The molecule has 9 nitrogen and oxygen atoms in total. The molecule has 2 unspecified atom stereocenters. The quantitative estimate of drug-likeness (QED) is 0.697. The van der Waals surface area contributed by atoms with Crippen LogP contribution in [0.2, 0.25) is 0 Å².